The summed E-state index contributed by atoms with van der Waals surface area (Å²) in [4.78, 5) is 10.2. The fraction of sp³-hybridized carbons (Fsp3) is 0.500. The summed E-state index contributed by atoms with van der Waals surface area (Å²) in [6.45, 7) is 0.721. The van der Waals surface area contributed by atoms with E-state index >= 15 is 0 Å². The average molecular weight is 275 g/mol. The lowest BCUT2D eigenvalue weighted by molar-refractivity contribution is -0.384. The van der Waals surface area contributed by atoms with Gasteiger partial charge >= 0.3 is 0 Å². The van der Waals surface area contributed by atoms with Crippen molar-refractivity contribution in [2.24, 2.45) is 5.92 Å². The van der Waals surface area contributed by atoms with Gasteiger partial charge in [0.2, 0.25) is 0 Å². The molecule has 1 saturated carbocycles. The molecule has 0 aliphatic heterocycles. The second kappa shape index (κ2) is 6.35. The van der Waals surface area contributed by atoms with Gasteiger partial charge in [-0.25, -0.2) is 0 Å². The molecule has 0 aromatic heterocycles. The van der Waals surface area contributed by atoms with E-state index < -0.39 is 4.92 Å². The predicted molar refractivity (Wildman–Crippen MR) is 74.3 cm³/mol. The number of nitrogens with one attached hydrogen (secondary N) is 1. The van der Waals surface area contributed by atoms with Crippen LogP contribution in [0.25, 0.3) is 0 Å². The molecule has 1 aromatic carbocycles. The third kappa shape index (κ3) is 3.45. The first-order chi connectivity index (χ1) is 9.60. The summed E-state index contributed by atoms with van der Waals surface area (Å²) in [5.41, 5.74) is 0.840. The summed E-state index contributed by atoms with van der Waals surface area (Å²) in [5.74, 6) is 0.472. The highest BCUT2D eigenvalue weighted by Crippen LogP contribution is 2.26. The molecule has 0 heterocycles. The Labute approximate surface area is 117 Å². The maximum Gasteiger partial charge on any atom is 0.270 e. The average Bonchev–Trinajstić information content (AvgIpc) is 2.46. The van der Waals surface area contributed by atoms with Crippen molar-refractivity contribution in [2.75, 3.05) is 11.9 Å². The fourth-order valence-corrected chi connectivity index (χ4v) is 2.50. The Morgan fingerprint density at radius 1 is 1.40 bits per heavy atom. The smallest absolute Gasteiger partial charge is 0.270 e. The van der Waals surface area contributed by atoms with E-state index in [-0.39, 0.29) is 17.4 Å². The lowest BCUT2D eigenvalue weighted by Gasteiger charge is -2.25. The summed E-state index contributed by atoms with van der Waals surface area (Å²) in [6.07, 6.45) is 3.38. The normalized spacial score (nSPS) is 22.0. The Bertz CT molecular complexity index is 531. The first-order valence-electron chi connectivity index (χ1n) is 6.70. The van der Waals surface area contributed by atoms with Gasteiger partial charge in [0, 0.05) is 18.7 Å². The second-order valence-electron chi connectivity index (χ2n) is 5.15. The molecule has 20 heavy (non-hydrogen) atoms. The third-order valence-corrected chi connectivity index (χ3v) is 3.73. The number of hydrogen-bond acceptors (Lipinski definition) is 5. The minimum atomic E-state index is -0.507. The molecule has 6 nitrogen and oxygen atoms in total. The van der Waals surface area contributed by atoms with Crippen LogP contribution in [0.2, 0.25) is 0 Å². The lowest BCUT2D eigenvalue weighted by atomic mass is 9.87. The molecular formula is C14H17N3O3. The van der Waals surface area contributed by atoms with Crippen molar-refractivity contribution in [3.05, 3.63) is 33.9 Å². The molecule has 1 aliphatic carbocycles. The van der Waals surface area contributed by atoms with Crippen molar-refractivity contribution < 1.29 is 10.0 Å². The van der Waals surface area contributed by atoms with E-state index in [2.05, 4.69) is 5.32 Å². The standard InChI is InChI=1S/C14H17N3O3/c15-8-11-7-12(17(19)20)3-6-14(11)16-9-10-1-4-13(18)5-2-10/h3,6-7,10,13,16,18H,1-2,4-5,9H2. The molecule has 0 amide bonds. The highest BCUT2D eigenvalue weighted by molar-refractivity contribution is 5.61. The Kier molecular flexibility index (Phi) is 4.53. The molecule has 1 aliphatic rings. The van der Waals surface area contributed by atoms with E-state index in [1.165, 1.54) is 12.1 Å². The third-order valence-electron chi connectivity index (χ3n) is 3.73. The zero-order valence-electron chi connectivity index (χ0n) is 11.1. The number of hydrogen-bond donors (Lipinski definition) is 2. The van der Waals surface area contributed by atoms with Crippen LogP contribution in [-0.4, -0.2) is 22.7 Å². The predicted octanol–water partition coefficient (Wildman–Crippen LogP) is 2.43. The number of non-ortho nitro benzene ring substituents is 1. The number of nitriles is 1. The molecule has 0 spiro atoms. The number of nitro benzene ring substituents is 1. The summed E-state index contributed by atoms with van der Waals surface area (Å²) in [5, 5.41) is 32.4. The van der Waals surface area contributed by atoms with E-state index in [9.17, 15) is 15.2 Å². The number of benzene rings is 1. The van der Waals surface area contributed by atoms with Gasteiger partial charge in [0.1, 0.15) is 6.07 Å². The van der Waals surface area contributed by atoms with Gasteiger partial charge in [0.05, 0.1) is 22.3 Å². The Morgan fingerprint density at radius 3 is 2.70 bits per heavy atom. The Balaban J connectivity index is 1.99. The molecule has 0 unspecified atom stereocenters. The molecule has 106 valence electrons. The molecule has 0 atom stereocenters. The molecule has 1 fully saturated rings. The minimum absolute atomic E-state index is 0.0760. The molecule has 0 radical (unpaired) electrons. The van der Waals surface area contributed by atoms with Crippen LogP contribution in [0, 0.1) is 27.4 Å². The van der Waals surface area contributed by atoms with Crippen LogP contribution in [0.5, 0.6) is 0 Å². The molecule has 1 aromatic rings. The first-order valence-corrected chi connectivity index (χ1v) is 6.70. The SMILES string of the molecule is N#Cc1cc([N+](=O)[O-])ccc1NCC1CCC(O)CC1. The van der Waals surface area contributed by atoms with E-state index in [1.54, 1.807) is 6.07 Å². The largest absolute Gasteiger partial charge is 0.393 e. The van der Waals surface area contributed by atoms with Gasteiger partial charge in [-0.3, -0.25) is 10.1 Å². The number of anilines is 1. The fourth-order valence-electron chi connectivity index (χ4n) is 2.50. The molecule has 0 saturated heterocycles. The Morgan fingerprint density at radius 2 is 2.10 bits per heavy atom. The topological polar surface area (TPSA) is 99.2 Å². The van der Waals surface area contributed by atoms with Crippen molar-refractivity contribution in [1.29, 1.82) is 5.26 Å². The van der Waals surface area contributed by atoms with Gasteiger partial charge in [-0.2, -0.15) is 5.26 Å². The molecule has 6 heteroatoms. The van der Waals surface area contributed by atoms with E-state index in [4.69, 9.17) is 5.26 Å². The van der Waals surface area contributed by atoms with Crippen molar-refractivity contribution in [2.45, 2.75) is 31.8 Å². The summed E-state index contributed by atoms with van der Waals surface area (Å²) in [6, 6.07) is 6.24. The lowest BCUT2D eigenvalue weighted by Crippen LogP contribution is -2.23. The summed E-state index contributed by atoms with van der Waals surface area (Å²) < 4.78 is 0. The van der Waals surface area contributed by atoms with Crippen LogP contribution in [-0.2, 0) is 0 Å². The van der Waals surface area contributed by atoms with Crippen LogP contribution in [0.4, 0.5) is 11.4 Å². The summed E-state index contributed by atoms with van der Waals surface area (Å²) >= 11 is 0. The van der Waals surface area contributed by atoms with Crippen molar-refractivity contribution in [3.8, 4) is 6.07 Å². The van der Waals surface area contributed by atoms with Crippen LogP contribution < -0.4 is 5.32 Å². The first kappa shape index (κ1) is 14.3. The quantitative estimate of drug-likeness (QED) is 0.649. The van der Waals surface area contributed by atoms with Crippen molar-refractivity contribution in [1.82, 2.24) is 0 Å². The van der Waals surface area contributed by atoms with E-state index in [0.717, 1.165) is 32.2 Å². The highest BCUT2D eigenvalue weighted by atomic mass is 16.6. The number of aliphatic hydroxyl groups excluding tert-OH is 1. The van der Waals surface area contributed by atoms with Gasteiger partial charge in [-0.05, 0) is 37.7 Å². The highest BCUT2D eigenvalue weighted by Gasteiger charge is 2.19. The van der Waals surface area contributed by atoms with Gasteiger partial charge in [-0.1, -0.05) is 0 Å². The van der Waals surface area contributed by atoms with Crippen LogP contribution >= 0.6 is 0 Å². The Hall–Kier alpha value is -2.13. The molecule has 0 bridgehead atoms. The molecule has 2 rings (SSSR count). The maximum absolute atomic E-state index is 10.7. The van der Waals surface area contributed by atoms with Gasteiger partial charge < -0.3 is 10.4 Å². The maximum atomic E-state index is 10.7. The monoisotopic (exact) mass is 275 g/mol. The van der Waals surface area contributed by atoms with Crippen LogP contribution in [0.15, 0.2) is 18.2 Å². The number of rotatable bonds is 4. The van der Waals surface area contributed by atoms with Gasteiger partial charge in [0.15, 0.2) is 0 Å². The zero-order valence-corrected chi connectivity index (χ0v) is 11.1. The van der Waals surface area contributed by atoms with Crippen molar-refractivity contribution >= 4 is 11.4 Å². The second-order valence-corrected chi connectivity index (χ2v) is 5.15. The minimum Gasteiger partial charge on any atom is -0.393 e. The number of nitro groups is 1. The van der Waals surface area contributed by atoms with Crippen LogP contribution in [0.3, 0.4) is 0 Å². The molecule has 2 N–H and O–H groups in total. The number of nitrogens with zero attached hydrogens (tertiary/aromatic N) is 2. The van der Waals surface area contributed by atoms with Crippen molar-refractivity contribution in [3.63, 3.8) is 0 Å². The molecular weight excluding hydrogens is 258 g/mol. The zero-order chi connectivity index (χ0) is 14.5. The van der Waals surface area contributed by atoms with Crippen LogP contribution in [0.1, 0.15) is 31.2 Å². The van der Waals surface area contributed by atoms with E-state index in [0.29, 0.717) is 11.6 Å². The van der Waals surface area contributed by atoms with Gasteiger partial charge in [0.25, 0.3) is 5.69 Å². The van der Waals surface area contributed by atoms with E-state index in [1.807, 2.05) is 6.07 Å². The number of aliphatic hydroxyl groups is 1. The summed E-state index contributed by atoms with van der Waals surface area (Å²) in [7, 11) is 0. The van der Waals surface area contributed by atoms with Gasteiger partial charge in [-0.15, -0.1) is 0 Å².